The predicted octanol–water partition coefficient (Wildman–Crippen LogP) is 3.84. The summed E-state index contributed by atoms with van der Waals surface area (Å²) in [6.07, 6.45) is 4.30. The molecule has 0 aliphatic heterocycles. The summed E-state index contributed by atoms with van der Waals surface area (Å²) < 4.78 is 32.7. The minimum atomic E-state index is -4.14. The van der Waals surface area contributed by atoms with Crippen LogP contribution in [0.1, 0.15) is 48.0 Å². The van der Waals surface area contributed by atoms with E-state index >= 15 is 0 Å². The molecule has 19 heavy (non-hydrogen) atoms. The molecule has 4 heteroatoms. The van der Waals surface area contributed by atoms with Gasteiger partial charge in [-0.2, -0.15) is 8.42 Å². The third-order valence-electron chi connectivity index (χ3n) is 4.13. The van der Waals surface area contributed by atoms with Gasteiger partial charge in [-0.25, -0.2) is 0 Å². The lowest BCUT2D eigenvalue weighted by Crippen LogP contribution is -2.47. The van der Waals surface area contributed by atoms with E-state index in [1.165, 1.54) is 0 Å². The molecule has 0 spiro atoms. The SMILES string of the molecule is CC(C)C1=CCC(C(C)C)(S(=O)(=O)O)C(C(C)C)=C1. The fraction of sp³-hybridized carbons (Fsp3) is 0.733. The van der Waals surface area contributed by atoms with Crippen LogP contribution in [-0.2, 0) is 10.1 Å². The summed E-state index contributed by atoms with van der Waals surface area (Å²) in [7, 11) is -4.14. The van der Waals surface area contributed by atoms with E-state index < -0.39 is 14.9 Å². The maximum atomic E-state index is 12.0. The van der Waals surface area contributed by atoms with Gasteiger partial charge in [0.2, 0.25) is 0 Å². The van der Waals surface area contributed by atoms with Crippen LogP contribution in [-0.4, -0.2) is 17.7 Å². The van der Waals surface area contributed by atoms with Gasteiger partial charge in [0.15, 0.2) is 0 Å². The Labute approximate surface area is 117 Å². The quantitative estimate of drug-likeness (QED) is 0.799. The van der Waals surface area contributed by atoms with E-state index in [1.807, 2.05) is 39.8 Å². The van der Waals surface area contributed by atoms with Crippen LogP contribution in [0.2, 0.25) is 0 Å². The second-order valence-electron chi connectivity index (χ2n) is 6.34. The highest BCUT2D eigenvalue weighted by molar-refractivity contribution is 7.87. The lowest BCUT2D eigenvalue weighted by molar-refractivity contribution is 0.369. The van der Waals surface area contributed by atoms with Gasteiger partial charge in [0.25, 0.3) is 10.1 Å². The van der Waals surface area contributed by atoms with Gasteiger partial charge in [-0.3, -0.25) is 4.55 Å². The van der Waals surface area contributed by atoms with Crippen molar-refractivity contribution in [1.29, 1.82) is 0 Å². The Morgan fingerprint density at radius 1 is 1.11 bits per heavy atom. The molecule has 0 saturated carbocycles. The summed E-state index contributed by atoms with van der Waals surface area (Å²) in [5.74, 6) is 0.285. The topological polar surface area (TPSA) is 54.4 Å². The molecule has 0 aromatic heterocycles. The normalized spacial score (nSPS) is 24.9. The van der Waals surface area contributed by atoms with Gasteiger partial charge in [-0.1, -0.05) is 53.7 Å². The Morgan fingerprint density at radius 2 is 1.63 bits per heavy atom. The molecule has 1 rings (SSSR count). The highest BCUT2D eigenvalue weighted by atomic mass is 32.2. The first-order valence-corrected chi connectivity index (χ1v) is 8.37. The van der Waals surface area contributed by atoms with Gasteiger partial charge < -0.3 is 0 Å². The van der Waals surface area contributed by atoms with Crippen molar-refractivity contribution in [2.45, 2.75) is 52.7 Å². The Bertz CT molecular complexity index is 495. The Balaban J connectivity index is 3.49. The van der Waals surface area contributed by atoms with Crippen LogP contribution < -0.4 is 0 Å². The molecule has 0 saturated heterocycles. The summed E-state index contributed by atoms with van der Waals surface area (Å²) in [6, 6.07) is 0. The minimum Gasteiger partial charge on any atom is -0.285 e. The van der Waals surface area contributed by atoms with Crippen LogP contribution in [0.4, 0.5) is 0 Å². The summed E-state index contributed by atoms with van der Waals surface area (Å²) in [5.41, 5.74) is 1.99. The van der Waals surface area contributed by atoms with Crippen molar-refractivity contribution < 1.29 is 13.0 Å². The van der Waals surface area contributed by atoms with Crippen molar-refractivity contribution in [2.24, 2.45) is 17.8 Å². The largest absolute Gasteiger partial charge is 0.285 e. The Morgan fingerprint density at radius 3 is 1.95 bits per heavy atom. The zero-order chi connectivity index (χ0) is 15.0. The maximum absolute atomic E-state index is 12.0. The first-order valence-electron chi connectivity index (χ1n) is 6.93. The van der Waals surface area contributed by atoms with E-state index in [1.54, 1.807) is 0 Å². The summed E-state index contributed by atoms with van der Waals surface area (Å²) in [4.78, 5) is 0. The molecule has 0 heterocycles. The van der Waals surface area contributed by atoms with Crippen molar-refractivity contribution in [3.8, 4) is 0 Å². The molecule has 1 aliphatic rings. The van der Waals surface area contributed by atoms with Gasteiger partial charge in [0.1, 0.15) is 4.75 Å². The maximum Gasteiger partial charge on any atom is 0.275 e. The molecule has 0 radical (unpaired) electrons. The first-order chi connectivity index (χ1) is 8.54. The molecule has 1 atom stereocenters. The van der Waals surface area contributed by atoms with Gasteiger partial charge in [-0.15, -0.1) is 0 Å². The molecule has 0 aromatic rings. The van der Waals surface area contributed by atoms with Gasteiger partial charge >= 0.3 is 0 Å². The number of hydrogen-bond acceptors (Lipinski definition) is 2. The number of hydrogen-bond donors (Lipinski definition) is 1. The molecule has 0 aromatic carbocycles. The smallest absolute Gasteiger partial charge is 0.275 e. The number of rotatable bonds is 4. The van der Waals surface area contributed by atoms with Gasteiger partial charge in [0.05, 0.1) is 0 Å². The van der Waals surface area contributed by atoms with E-state index in [0.717, 1.165) is 11.1 Å². The highest BCUT2D eigenvalue weighted by Crippen LogP contribution is 2.45. The van der Waals surface area contributed by atoms with Crippen molar-refractivity contribution in [3.05, 3.63) is 23.3 Å². The average molecular weight is 286 g/mol. The molecule has 3 nitrogen and oxygen atoms in total. The molecule has 0 fully saturated rings. The molecular formula is C15H26O3S. The number of allylic oxidation sites excluding steroid dienone is 3. The molecule has 1 N–H and O–H groups in total. The summed E-state index contributed by atoms with van der Waals surface area (Å²) in [5, 5.41) is 0. The van der Waals surface area contributed by atoms with Crippen molar-refractivity contribution >= 4 is 10.1 Å². The molecule has 0 amide bonds. The van der Waals surface area contributed by atoms with Crippen LogP contribution in [0.25, 0.3) is 0 Å². The molecule has 0 bridgehead atoms. The Hall–Kier alpha value is -0.610. The molecule has 1 unspecified atom stereocenters. The van der Waals surface area contributed by atoms with E-state index in [0.29, 0.717) is 12.3 Å². The molecule has 110 valence electrons. The van der Waals surface area contributed by atoms with E-state index in [4.69, 9.17) is 0 Å². The monoisotopic (exact) mass is 286 g/mol. The fourth-order valence-corrected chi connectivity index (χ4v) is 4.41. The summed E-state index contributed by atoms with van der Waals surface area (Å²) >= 11 is 0. The lowest BCUT2D eigenvalue weighted by Gasteiger charge is -2.40. The second-order valence-corrected chi connectivity index (χ2v) is 8.02. The van der Waals surface area contributed by atoms with Crippen molar-refractivity contribution in [1.82, 2.24) is 0 Å². The first kappa shape index (κ1) is 16.4. The predicted molar refractivity (Wildman–Crippen MR) is 79.6 cm³/mol. The lowest BCUT2D eigenvalue weighted by atomic mass is 9.74. The van der Waals surface area contributed by atoms with Crippen LogP contribution in [0.3, 0.4) is 0 Å². The fourth-order valence-electron chi connectivity index (χ4n) is 2.93. The van der Waals surface area contributed by atoms with Gasteiger partial charge in [-0.05, 0) is 35.3 Å². The van der Waals surface area contributed by atoms with Crippen LogP contribution >= 0.6 is 0 Å². The van der Waals surface area contributed by atoms with E-state index in [-0.39, 0.29) is 11.8 Å². The van der Waals surface area contributed by atoms with Crippen molar-refractivity contribution in [2.75, 3.05) is 0 Å². The van der Waals surface area contributed by atoms with E-state index in [9.17, 15) is 13.0 Å². The van der Waals surface area contributed by atoms with Crippen molar-refractivity contribution in [3.63, 3.8) is 0 Å². The van der Waals surface area contributed by atoms with Crippen LogP contribution in [0.15, 0.2) is 23.3 Å². The molecular weight excluding hydrogens is 260 g/mol. The zero-order valence-electron chi connectivity index (χ0n) is 12.8. The van der Waals surface area contributed by atoms with E-state index in [2.05, 4.69) is 13.8 Å². The average Bonchev–Trinajstić information content (AvgIpc) is 2.25. The van der Waals surface area contributed by atoms with Gasteiger partial charge in [0, 0.05) is 0 Å². The standard InChI is InChI=1S/C15H26O3S/c1-10(2)13-7-8-15(12(5)6,19(16,17)18)14(9-13)11(3)4/h7,9-12H,8H2,1-6H3,(H,16,17,18). The second kappa shape index (κ2) is 5.41. The van der Waals surface area contributed by atoms with Crippen LogP contribution in [0.5, 0.6) is 0 Å². The zero-order valence-corrected chi connectivity index (χ0v) is 13.6. The molecule has 1 aliphatic carbocycles. The third-order valence-corrected chi connectivity index (χ3v) is 5.93. The highest BCUT2D eigenvalue weighted by Gasteiger charge is 2.50. The summed E-state index contributed by atoms with van der Waals surface area (Å²) in [6.45, 7) is 11.9. The minimum absolute atomic E-state index is 0.0896. The Kier molecular flexibility index (Phi) is 4.68. The van der Waals surface area contributed by atoms with Crippen LogP contribution in [0, 0.1) is 17.8 Å². The third kappa shape index (κ3) is 2.79.